The van der Waals surface area contributed by atoms with Gasteiger partial charge in [-0.3, -0.25) is 0 Å². The fraction of sp³-hybridized carbons (Fsp3) is 0.731. The van der Waals surface area contributed by atoms with Crippen LogP contribution in [0.1, 0.15) is 71.5 Å². The molecule has 1 heterocycles. The topological polar surface area (TPSA) is 28.7 Å². The van der Waals surface area contributed by atoms with Crippen molar-refractivity contribution in [3.05, 3.63) is 40.8 Å². The van der Waals surface area contributed by atoms with E-state index in [2.05, 4.69) is 49.1 Å². The normalized spacial score (nSPS) is 45.2. The number of imidazole rings is 1. The number of aromatic nitrogens is 2. The summed E-state index contributed by atoms with van der Waals surface area (Å²) in [7, 11) is 0. The predicted molar refractivity (Wildman–Crippen MR) is 124 cm³/mol. The second kappa shape index (κ2) is 7.25. The van der Waals surface area contributed by atoms with Crippen LogP contribution < -0.4 is 0 Å². The summed E-state index contributed by atoms with van der Waals surface area (Å²) in [6.07, 6.45) is 18.8. The molecule has 1 aromatic heterocycles. The number of rotatable bonds is 4. The smallest absolute Gasteiger partial charge is 0.127 e. The van der Waals surface area contributed by atoms with Crippen LogP contribution in [0.5, 0.6) is 0 Å². The highest BCUT2D eigenvalue weighted by molar-refractivity contribution is 8.02. The molecule has 0 amide bonds. The minimum absolute atomic E-state index is 0.197. The first-order chi connectivity index (χ1) is 14.3. The van der Waals surface area contributed by atoms with Crippen LogP contribution in [0.4, 0.5) is 4.39 Å². The second-order valence-corrected chi connectivity index (χ2v) is 11.7. The zero-order chi connectivity index (χ0) is 21.1. The molecule has 4 heteroatoms. The molecular formula is C26H37FN2S. The Morgan fingerprint density at radius 1 is 1.23 bits per heavy atom. The Labute approximate surface area is 185 Å². The summed E-state index contributed by atoms with van der Waals surface area (Å²) in [5.74, 6) is 3.15. The summed E-state index contributed by atoms with van der Waals surface area (Å²) in [6, 6.07) is 0. The van der Waals surface area contributed by atoms with Gasteiger partial charge in [0, 0.05) is 18.8 Å². The molecule has 1 aromatic rings. The number of nitrogens with zero attached hydrogens (tertiary/aromatic N) is 1. The average Bonchev–Trinajstić information content (AvgIpc) is 3.32. The van der Waals surface area contributed by atoms with Gasteiger partial charge >= 0.3 is 0 Å². The minimum atomic E-state index is -1.09. The lowest BCUT2D eigenvalue weighted by Crippen LogP contribution is -2.60. The SMILES string of the molecule is CSC1=CCC=C2CC[C@H]3[C@@H]4C[C@@H](C)[C@H](CCc5ncc[nH]5)[C@@]4(C)CC[C@]3(F)[C@]21C. The second-order valence-electron chi connectivity index (χ2n) is 10.9. The zero-order valence-electron chi connectivity index (χ0n) is 19.0. The molecule has 30 heavy (non-hydrogen) atoms. The van der Waals surface area contributed by atoms with E-state index in [4.69, 9.17) is 0 Å². The van der Waals surface area contributed by atoms with E-state index in [1.54, 1.807) is 11.8 Å². The Bertz CT molecular complexity index is 846. The average molecular weight is 429 g/mol. The van der Waals surface area contributed by atoms with Gasteiger partial charge in [-0.25, -0.2) is 9.37 Å². The fourth-order valence-electron chi connectivity index (χ4n) is 8.40. The summed E-state index contributed by atoms with van der Waals surface area (Å²) in [6.45, 7) is 7.18. The van der Waals surface area contributed by atoms with Crippen molar-refractivity contribution in [3.63, 3.8) is 0 Å². The molecule has 164 valence electrons. The van der Waals surface area contributed by atoms with E-state index in [0.717, 1.165) is 44.3 Å². The molecule has 1 N–H and O–H groups in total. The molecule has 0 unspecified atom stereocenters. The highest BCUT2D eigenvalue weighted by atomic mass is 32.2. The molecule has 4 aliphatic carbocycles. The van der Waals surface area contributed by atoms with E-state index in [-0.39, 0.29) is 11.3 Å². The molecule has 3 fully saturated rings. The Morgan fingerprint density at radius 2 is 2.07 bits per heavy atom. The first-order valence-corrected chi connectivity index (χ1v) is 13.2. The molecule has 0 aliphatic heterocycles. The standard InChI is InChI=1S/C26H37FN2S/c1-17-16-21-20-9-8-18-6-5-7-22(30-4)25(18,3)26(20,27)13-12-24(21,2)19(17)10-11-23-28-14-15-29-23/h6-7,14-15,17,19-21H,5,8-13,16H2,1-4H3,(H,28,29)/t17-,19+,20+,21+,24-,25-,26-/m1/s1. The molecule has 0 saturated heterocycles. The van der Waals surface area contributed by atoms with Gasteiger partial charge in [-0.15, -0.1) is 11.8 Å². The monoisotopic (exact) mass is 428 g/mol. The Kier molecular flexibility index (Phi) is 5.04. The van der Waals surface area contributed by atoms with E-state index < -0.39 is 11.1 Å². The minimum Gasteiger partial charge on any atom is -0.349 e. The van der Waals surface area contributed by atoms with Crippen molar-refractivity contribution in [1.29, 1.82) is 0 Å². The van der Waals surface area contributed by atoms with Crippen LogP contribution >= 0.6 is 11.8 Å². The van der Waals surface area contributed by atoms with E-state index in [1.165, 1.54) is 23.3 Å². The molecular weight excluding hydrogens is 391 g/mol. The van der Waals surface area contributed by atoms with Gasteiger partial charge in [-0.2, -0.15) is 0 Å². The number of H-pyrrole nitrogens is 1. The number of halogens is 1. The number of aryl methyl sites for hydroxylation is 1. The summed E-state index contributed by atoms with van der Waals surface area (Å²) < 4.78 is 17.3. The van der Waals surface area contributed by atoms with Gasteiger partial charge in [-0.05, 0) is 92.1 Å². The molecule has 0 radical (unpaired) electrons. The molecule has 0 aromatic carbocycles. The lowest BCUT2D eigenvalue weighted by molar-refractivity contribution is -0.127. The third kappa shape index (κ3) is 2.71. The van der Waals surface area contributed by atoms with Crippen LogP contribution in [0.15, 0.2) is 35.0 Å². The van der Waals surface area contributed by atoms with Crippen LogP contribution in [0.25, 0.3) is 0 Å². The number of hydrogen-bond acceptors (Lipinski definition) is 2. The van der Waals surface area contributed by atoms with Crippen molar-refractivity contribution < 1.29 is 4.39 Å². The van der Waals surface area contributed by atoms with Crippen molar-refractivity contribution in [2.75, 3.05) is 6.26 Å². The van der Waals surface area contributed by atoms with Crippen molar-refractivity contribution >= 4 is 11.8 Å². The Morgan fingerprint density at radius 3 is 2.80 bits per heavy atom. The first-order valence-electron chi connectivity index (χ1n) is 12.0. The predicted octanol–water partition coefficient (Wildman–Crippen LogP) is 7.12. The number of allylic oxidation sites excluding steroid dienone is 4. The van der Waals surface area contributed by atoms with Gasteiger partial charge in [0.05, 0.1) is 5.41 Å². The van der Waals surface area contributed by atoms with Crippen LogP contribution in [-0.4, -0.2) is 21.9 Å². The number of aromatic amines is 1. The van der Waals surface area contributed by atoms with E-state index >= 15 is 4.39 Å². The zero-order valence-corrected chi connectivity index (χ0v) is 19.8. The van der Waals surface area contributed by atoms with Crippen LogP contribution in [0.3, 0.4) is 0 Å². The van der Waals surface area contributed by atoms with Crippen LogP contribution in [0, 0.1) is 34.5 Å². The largest absolute Gasteiger partial charge is 0.349 e. The molecule has 5 rings (SSSR count). The summed E-state index contributed by atoms with van der Waals surface area (Å²) in [5.41, 5.74) is 0.162. The molecule has 0 bridgehead atoms. The number of alkyl halides is 1. The van der Waals surface area contributed by atoms with Crippen molar-refractivity contribution in [2.24, 2.45) is 34.5 Å². The number of fused-ring (bicyclic) bond motifs is 5. The van der Waals surface area contributed by atoms with Gasteiger partial charge in [0.25, 0.3) is 0 Å². The van der Waals surface area contributed by atoms with Gasteiger partial charge in [-0.1, -0.05) is 31.6 Å². The fourth-order valence-corrected chi connectivity index (χ4v) is 9.37. The summed E-state index contributed by atoms with van der Waals surface area (Å²) in [4.78, 5) is 9.01. The van der Waals surface area contributed by atoms with Crippen LogP contribution in [-0.2, 0) is 6.42 Å². The molecule has 0 spiro atoms. The molecule has 7 atom stereocenters. The van der Waals surface area contributed by atoms with Crippen LogP contribution in [0.2, 0.25) is 0 Å². The maximum Gasteiger partial charge on any atom is 0.127 e. The molecule has 4 aliphatic rings. The maximum atomic E-state index is 17.3. The highest BCUT2D eigenvalue weighted by Gasteiger charge is 2.68. The van der Waals surface area contributed by atoms with Gasteiger partial charge in [0.2, 0.25) is 0 Å². The lowest BCUT2D eigenvalue weighted by atomic mass is 9.46. The van der Waals surface area contributed by atoms with E-state index in [0.29, 0.717) is 17.8 Å². The number of hydrogen-bond donors (Lipinski definition) is 1. The van der Waals surface area contributed by atoms with Crippen molar-refractivity contribution in [3.8, 4) is 0 Å². The third-order valence-electron chi connectivity index (χ3n) is 9.93. The summed E-state index contributed by atoms with van der Waals surface area (Å²) >= 11 is 1.79. The lowest BCUT2D eigenvalue weighted by Gasteiger charge is -2.61. The van der Waals surface area contributed by atoms with E-state index in [1.807, 2.05) is 12.4 Å². The van der Waals surface area contributed by atoms with Crippen molar-refractivity contribution in [1.82, 2.24) is 9.97 Å². The first kappa shape index (κ1) is 20.8. The maximum absolute atomic E-state index is 17.3. The van der Waals surface area contributed by atoms with Crippen molar-refractivity contribution in [2.45, 2.75) is 77.8 Å². The van der Waals surface area contributed by atoms with Gasteiger partial charge < -0.3 is 4.98 Å². The Balaban J connectivity index is 1.46. The molecule has 3 saturated carbocycles. The number of nitrogens with one attached hydrogen (secondary N) is 1. The van der Waals surface area contributed by atoms with Gasteiger partial charge in [0.15, 0.2) is 0 Å². The number of thioether (sulfide) groups is 1. The highest BCUT2D eigenvalue weighted by Crippen LogP contribution is 2.71. The summed E-state index contributed by atoms with van der Waals surface area (Å²) in [5, 5.41) is 0. The third-order valence-corrected chi connectivity index (χ3v) is 10.9. The molecule has 2 nitrogen and oxygen atoms in total. The Hall–Kier alpha value is -1.03. The van der Waals surface area contributed by atoms with Gasteiger partial charge in [0.1, 0.15) is 11.5 Å². The quantitative estimate of drug-likeness (QED) is 0.517. The van der Waals surface area contributed by atoms with E-state index in [9.17, 15) is 0 Å².